The van der Waals surface area contributed by atoms with E-state index in [-0.39, 0.29) is 23.9 Å². The number of nitrogens with one attached hydrogen (secondary N) is 2. The molecule has 2 amide bonds. The monoisotopic (exact) mass is 318 g/mol. The highest BCUT2D eigenvalue weighted by molar-refractivity contribution is 5.95. The number of hydrogen-bond donors (Lipinski definition) is 2. The topological polar surface area (TPSA) is 76.0 Å². The Hall–Kier alpha value is -1.85. The van der Waals surface area contributed by atoms with E-state index in [1.54, 1.807) is 10.9 Å². The van der Waals surface area contributed by atoms with Crippen LogP contribution in [0.15, 0.2) is 6.20 Å². The van der Waals surface area contributed by atoms with E-state index in [9.17, 15) is 9.59 Å². The summed E-state index contributed by atoms with van der Waals surface area (Å²) in [6, 6.07) is 0.0837. The van der Waals surface area contributed by atoms with Crippen LogP contribution in [0, 0.1) is 12.8 Å². The predicted octanol–water partition coefficient (Wildman–Crippen LogP) is 1.69. The second kappa shape index (κ2) is 6.72. The summed E-state index contributed by atoms with van der Waals surface area (Å²) < 4.78 is 1.66. The van der Waals surface area contributed by atoms with Crippen LogP contribution in [0.5, 0.6) is 0 Å². The van der Waals surface area contributed by atoms with Crippen molar-refractivity contribution in [3.05, 3.63) is 17.5 Å². The third-order valence-corrected chi connectivity index (χ3v) is 5.18. The van der Waals surface area contributed by atoms with Crippen molar-refractivity contribution in [1.82, 2.24) is 20.4 Å². The maximum Gasteiger partial charge on any atom is 0.255 e. The normalized spacial score (nSPS) is 25.9. The quantitative estimate of drug-likeness (QED) is 0.890. The minimum absolute atomic E-state index is 0.0166. The minimum atomic E-state index is -0.0856. The summed E-state index contributed by atoms with van der Waals surface area (Å²) in [6.07, 6.45) is 8.97. The molecule has 126 valence electrons. The smallest absolute Gasteiger partial charge is 0.255 e. The van der Waals surface area contributed by atoms with Crippen LogP contribution < -0.4 is 10.6 Å². The second-order valence-corrected chi connectivity index (χ2v) is 6.91. The van der Waals surface area contributed by atoms with Gasteiger partial charge in [0, 0.05) is 19.7 Å². The molecule has 0 bridgehead atoms. The number of aromatic nitrogens is 2. The zero-order chi connectivity index (χ0) is 16.4. The van der Waals surface area contributed by atoms with Gasteiger partial charge in [0.05, 0.1) is 23.3 Å². The lowest BCUT2D eigenvalue weighted by Crippen LogP contribution is -2.58. The van der Waals surface area contributed by atoms with E-state index in [0.29, 0.717) is 17.9 Å². The lowest BCUT2D eigenvalue weighted by molar-refractivity contribution is -0.124. The van der Waals surface area contributed by atoms with E-state index in [2.05, 4.69) is 15.7 Å². The molecule has 1 saturated heterocycles. The number of carbonyl (C=O) groups excluding carboxylic acids is 2. The lowest BCUT2D eigenvalue weighted by Gasteiger charge is -2.39. The molecule has 1 aliphatic heterocycles. The molecular formula is C17H26N4O2. The number of hydrogen-bond acceptors (Lipinski definition) is 3. The molecule has 6 nitrogen and oxygen atoms in total. The first kappa shape index (κ1) is 16.0. The fourth-order valence-electron chi connectivity index (χ4n) is 4.00. The highest BCUT2D eigenvalue weighted by Crippen LogP contribution is 2.30. The van der Waals surface area contributed by atoms with Crippen LogP contribution >= 0.6 is 0 Å². The van der Waals surface area contributed by atoms with Gasteiger partial charge in [-0.2, -0.15) is 5.10 Å². The van der Waals surface area contributed by atoms with Gasteiger partial charge in [-0.15, -0.1) is 0 Å². The summed E-state index contributed by atoms with van der Waals surface area (Å²) in [5.41, 5.74) is 1.35. The maximum absolute atomic E-state index is 12.6. The molecule has 2 unspecified atom stereocenters. The van der Waals surface area contributed by atoms with E-state index in [0.717, 1.165) is 25.0 Å². The summed E-state index contributed by atoms with van der Waals surface area (Å²) in [7, 11) is 1.81. The number of rotatable bonds is 3. The van der Waals surface area contributed by atoms with E-state index in [1.807, 2.05) is 14.0 Å². The molecule has 2 N–H and O–H groups in total. The van der Waals surface area contributed by atoms with Gasteiger partial charge in [-0.1, -0.05) is 19.3 Å². The summed E-state index contributed by atoms with van der Waals surface area (Å²) in [5, 5.41) is 10.5. The van der Waals surface area contributed by atoms with Crippen molar-refractivity contribution >= 4 is 11.8 Å². The molecule has 2 aliphatic rings. The van der Waals surface area contributed by atoms with E-state index >= 15 is 0 Å². The summed E-state index contributed by atoms with van der Waals surface area (Å²) in [4.78, 5) is 24.4. The first-order valence-corrected chi connectivity index (χ1v) is 8.65. The average molecular weight is 318 g/mol. The van der Waals surface area contributed by atoms with E-state index in [4.69, 9.17) is 0 Å². The zero-order valence-corrected chi connectivity index (χ0v) is 14.0. The van der Waals surface area contributed by atoms with Crippen LogP contribution in [0.2, 0.25) is 0 Å². The van der Waals surface area contributed by atoms with Crippen LogP contribution in [0.4, 0.5) is 0 Å². The Labute approximate surface area is 137 Å². The van der Waals surface area contributed by atoms with Crippen molar-refractivity contribution in [2.75, 3.05) is 0 Å². The highest BCUT2D eigenvalue weighted by Gasteiger charge is 2.36. The average Bonchev–Trinajstić information content (AvgIpc) is 2.88. The van der Waals surface area contributed by atoms with E-state index < -0.39 is 0 Å². The lowest BCUT2D eigenvalue weighted by atomic mass is 9.78. The largest absolute Gasteiger partial charge is 0.351 e. The second-order valence-electron chi connectivity index (χ2n) is 6.91. The number of amides is 2. The molecule has 2 fully saturated rings. The van der Waals surface area contributed by atoms with Crippen LogP contribution in [0.1, 0.15) is 61.0 Å². The van der Waals surface area contributed by atoms with Gasteiger partial charge in [0.2, 0.25) is 5.91 Å². The maximum atomic E-state index is 12.6. The van der Waals surface area contributed by atoms with Crippen LogP contribution in [-0.4, -0.2) is 33.7 Å². The van der Waals surface area contributed by atoms with Crippen LogP contribution in [-0.2, 0) is 11.8 Å². The molecule has 1 saturated carbocycles. The van der Waals surface area contributed by atoms with Crippen molar-refractivity contribution in [2.45, 2.75) is 64.0 Å². The molecule has 0 radical (unpaired) electrons. The number of aryl methyl sites for hydroxylation is 2. The molecule has 0 spiro atoms. The summed E-state index contributed by atoms with van der Waals surface area (Å²) in [6.45, 7) is 1.84. The Morgan fingerprint density at radius 3 is 2.70 bits per heavy atom. The molecule has 2 atom stereocenters. The molecule has 1 aromatic heterocycles. The van der Waals surface area contributed by atoms with Gasteiger partial charge in [-0.05, 0) is 32.1 Å². The van der Waals surface area contributed by atoms with Crippen molar-refractivity contribution in [2.24, 2.45) is 13.0 Å². The molecule has 1 aliphatic carbocycles. The third kappa shape index (κ3) is 3.57. The Morgan fingerprint density at radius 1 is 1.30 bits per heavy atom. The molecule has 6 heteroatoms. The van der Waals surface area contributed by atoms with E-state index in [1.165, 1.54) is 19.3 Å². The van der Waals surface area contributed by atoms with Crippen molar-refractivity contribution in [3.8, 4) is 0 Å². The first-order chi connectivity index (χ1) is 11.0. The Morgan fingerprint density at radius 2 is 2.04 bits per heavy atom. The fraction of sp³-hybridized carbons (Fsp3) is 0.706. The van der Waals surface area contributed by atoms with Crippen molar-refractivity contribution in [3.63, 3.8) is 0 Å². The Balaban J connectivity index is 1.72. The van der Waals surface area contributed by atoms with Crippen molar-refractivity contribution in [1.29, 1.82) is 0 Å². The zero-order valence-electron chi connectivity index (χ0n) is 14.0. The molecule has 1 aromatic rings. The van der Waals surface area contributed by atoms with Gasteiger partial charge in [0.15, 0.2) is 0 Å². The molecule has 23 heavy (non-hydrogen) atoms. The predicted molar refractivity (Wildman–Crippen MR) is 86.9 cm³/mol. The summed E-state index contributed by atoms with van der Waals surface area (Å²) >= 11 is 0. The van der Waals surface area contributed by atoms with Crippen molar-refractivity contribution < 1.29 is 9.59 Å². The van der Waals surface area contributed by atoms with Crippen LogP contribution in [0.3, 0.4) is 0 Å². The number of piperidine rings is 1. The fourth-order valence-corrected chi connectivity index (χ4v) is 4.00. The van der Waals surface area contributed by atoms with Gasteiger partial charge in [-0.25, -0.2) is 0 Å². The Kier molecular flexibility index (Phi) is 4.68. The molecule has 0 aromatic carbocycles. The molecule has 3 rings (SSSR count). The first-order valence-electron chi connectivity index (χ1n) is 8.65. The number of carbonyl (C=O) groups is 2. The highest BCUT2D eigenvalue weighted by atomic mass is 16.2. The van der Waals surface area contributed by atoms with Gasteiger partial charge >= 0.3 is 0 Å². The van der Waals surface area contributed by atoms with Gasteiger partial charge in [-0.3, -0.25) is 14.3 Å². The van der Waals surface area contributed by atoms with Gasteiger partial charge in [0.25, 0.3) is 5.91 Å². The van der Waals surface area contributed by atoms with Crippen LogP contribution in [0.25, 0.3) is 0 Å². The SMILES string of the molecule is Cc1nn(C)cc1C(=O)NC1CCC(=O)NC1C1CCCCC1. The Bertz CT molecular complexity index is 589. The number of nitrogens with zero attached hydrogens (tertiary/aromatic N) is 2. The molecule has 2 heterocycles. The minimum Gasteiger partial charge on any atom is -0.351 e. The standard InChI is InChI=1S/C17H26N4O2/c1-11-13(10-21(2)20-11)17(23)18-14-8-9-15(22)19-16(14)12-6-4-3-5-7-12/h10,12,14,16H,3-9H2,1-2H3,(H,18,23)(H,19,22). The molecular weight excluding hydrogens is 292 g/mol. The van der Waals surface area contributed by atoms with Gasteiger partial charge in [0.1, 0.15) is 0 Å². The summed E-state index contributed by atoms with van der Waals surface area (Å²) in [5.74, 6) is 0.509. The third-order valence-electron chi connectivity index (χ3n) is 5.18. The van der Waals surface area contributed by atoms with Gasteiger partial charge < -0.3 is 10.6 Å².